The molecular formula is C23H33N3O3S2. The zero-order valence-electron chi connectivity index (χ0n) is 18.6. The molecule has 1 atom stereocenters. The molecule has 6 nitrogen and oxygen atoms in total. The Kier molecular flexibility index (Phi) is 8.27. The summed E-state index contributed by atoms with van der Waals surface area (Å²) in [6.07, 6.45) is 4.09. The third kappa shape index (κ3) is 6.16. The lowest BCUT2D eigenvalue weighted by molar-refractivity contribution is -0.120. The predicted octanol–water partition coefficient (Wildman–Crippen LogP) is 3.45. The summed E-state index contributed by atoms with van der Waals surface area (Å²) >= 11 is 1.20. The number of hydrogen-bond acceptors (Lipinski definition) is 5. The third-order valence-corrected chi connectivity index (χ3v) is 9.22. The Balaban J connectivity index is 1.58. The number of benzene rings is 1. The van der Waals surface area contributed by atoms with E-state index in [2.05, 4.69) is 41.4 Å². The number of carbonyl (C=O) groups excluding carboxylic acids is 1. The molecule has 0 bridgehead atoms. The van der Waals surface area contributed by atoms with Gasteiger partial charge in [0.25, 0.3) is 10.0 Å². The van der Waals surface area contributed by atoms with Gasteiger partial charge in [-0.05, 0) is 56.6 Å². The van der Waals surface area contributed by atoms with Crippen LogP contribution < -0.4 is 5.32 Å². The third-order valence-electron chi connectivity index (χ3n) is 5.77. The van der Waals surface area contributed by atoms with Crippen LogP contribution in [0.3, 0.4) is 0 Å². The average Bonchev–Trinajstić information content (AvgIpc) is 3.24. The smallest absolute Gasteiger partial charge is 0.252 e. The van der Waals surface area contributed by atoms with E-state index < -0.39 is 10.0 Å². The molecule has 2 heterocycles. The molecule has 0 spiro atoms. The highest BCUT2D eigenvalue weighted by Crippen LogP contribution is 2.27. The van der Waals surface area contributed by atoms with E-state index in [0.29, 0.717) is 23.8 Å². The molecule has 1 unspecified atom stereocenters. The molecule has 0 saturated carbocycles. The number of rotatable bonds is 9. The number of nitrogens with one attached hydrogen (secondary N) is 1. The van der Waals surface area contributed by atoms with Gasteiger partial charge in [0.2, 0.25) is 5.91 Å². The van der Waals surface area contributed by atoms with Crippen molar-refractivity contribution in [1.82, 2.24) is 14.5 Å². The van der Waals surface area contributed by atoms with Crippen LogP contribution in [0.2, 0.25) is 0 Å². The van der Waals surface area contributed by atoms with Crippen LogP contribution in [0.15, 0.2) is 40.6 Å². The second-order valence-electron chi connectivity index (χ2n) is 8.24. The van der Waals surface area contributed by atoms with Gasteiger partial charge in [0.15, 0.2) is 0 Å². The molecule has 1 aliphatic rings. The fourth-order valence-corrected chi connectivity index (χ4v) is 6.86. The Labute approximate surface area is 190 Å². The zero-order valence-corrected chi connectivity index (χ0v) is 20.3. The van der Waals surface area contributed by atoms with E-state index in [4.69, 9.17) is 0 Å². The van der Waals surface area contributed by atoms with Crippen molar-refractivity contribution in [2.75, 3.05) is 33.7 Å². The molecule has 1 aromatic heterocycles. The summed E-state index contributed by atoms with van der Waals surface area (Å²) in [5.41, 5.74) is 2.45. The van der Waals surface area contributed by atoms with Gasteiger partial charge >= 0.3 is 0 Å². The quantitative estimate of drug-likeness (QED) is 0.618. The van der Waals surface area contributed by atoms with Crippen molar-refractivity contribution < 1.29 is 13.2 Å². The highest BCUT2D eigenvalue weighted by atomic mass is 32.2. The molecule has 1 fully saturated rings. The number of carbonyl (C=O) groups is 1. The summed E-state index contributed by atoms with van der Waals surface area (Å²) in [6, 6.07) is 12.0. The van der Waals surface area contributed by atoms with Gasteiger partial charge in [-0.1, -0.05) is 37.6 Å². The Morgan fingerprint density at radius 2 is 1.77 bits per heavy atom. The van der Waals surface area contributed by atoms with Crippen molar-refractivity contribution in [3.8, 4) is 0 Å². The van der Waals surface area contributed by atoms with E-state index in [1.165, 1.54) is 16.9 Å². The Hall–Kier alpha value is -1.74. The topological polar surface area (TPSA) is 69.7 Å². The summed E-state index contributed by atoms with van der Waals surface area (Å²) in [4.78, 5) is 15.4. The highest BCUT2D eigenvalue weighted by molar-refractivity contribution is 7.91. The molecule has 1 aromatic carbocycles. The van der Waals surface area contributed by atoms with E-state index in [9.17, 15) is 13.2 Å². The van der Waals surface area contributed by atoms with Crippen LogP contribution in [-0.4, -0.2) is 57.3 Å². The van der Waals surface area contributed by atoms with Crippen molar-refractivity contribution in [3.05, 3.63) is 52.4 Å². The van der Waals surface area contributed by atoms with Gasteiger partial charge in [-0.3, -0.25) is 4.79 Å². The van der Waals surface area contributed by atoms with E-state index in [1.807, 2.05) is 14.1 Å². The van der Waals surface area contributed by atoms with Crippen LogP contribution in [0.4, 0.5) is 0 Å². The van der Waals surface area contributed by atoms with Crippen molar-refractivity contribution in [3.63, 3.8) is 0 Å². The van der Waals surface area contributed by atoms with Gasteiger partial charge in [0.05, 0.1) is 12.5 Å². The first-order valence-corrected chi connectivity index (χ1v) is 13.2. The summed E-state index contributed by atoms with van der Waals surface area (Å²) in [7, 11) is 0.561. The fourth-order valence-electron chi connectivity index (χ4n) is 3.83. The maximum atomic E-state index is 12.8. The molecule has 3 rings (SSSR count). The van der Waals surface area contributed by atoms with Crippen LogP contribution in [0.1, 0.15) is 48.2 Å². The number of amides is 1. The molecule has 1 aliphatic heterocycles. The number of thiophene rings is 1. The molecule has 1 saturated heterocycles. The Morgan fingerprint density at radius 1 is 1.10 bits per heavy atom. The van der Waals surface area contributed by atoms with Crippen LogP contribution in [0, 0.1) is 0 Å². The van der Waals surface area contributed by atoms with Gasteiger partial charge in [-0.2, -0.15) is 4.31 Å². The minimum absolute atomic E-state index is 0.0771. The van der Waals surface area contributed by atoms with Gasteiger partial charge in [0, 0.05) is 24.5 Å². The number of sulfonamides is 1. The molecule has 0 radical (unpaired) electrons. The molecule has 31 heavy (non-hydrogen) atoms. The fraction of sp³-hybridized carbons (Fsp3) is 0.522. The molecular weight excluding hydrogens is 430 g/mol. The minimum Gasteiger partial charge on any atom is -0.354 e. The Morgan fingerprint density at radius 3 is 2.39 bits per heavy atom. The second kappa shape index (κ2) is 10.7. The number of nitrogens with zero attached hydrogens (tertiary/aromatic N) is 2. The molecule has 170 valence electrons. The number of aryl methyl sites for hydroxylation is 1. The van der Waals surface area contributed by atoms with E-state index in [0.717, 1.165) is 36.1 Å². The second-order valence-corrected chi connectivity index (χ2v) is 11.6. The molecule has 0 aliphatic carbocycles. The summed E-state index contributed by atoms with van der Waals surface area (Å²) in [5.74, 6) is -0.0965. The Bertz CT molecular complexity index is 962. The van der Waals surface area contributed by atoms with Crippen molar-refractivity contribution in [1.29, 1.82) is 0 Å². The summed E-state index contributed by atoms with van der Waals surface area (Å²) in [6.45, 7) is 3.80. The number of likely N-dealkylation sites (N-methyl/N-ethyl adjacent to an activating group) is 1. The van der Waals surface area contributed by atoms with Crippen LogP contribution in [-0.2, 0) is 27.7 Å². The maximum Gasteiger partial charge on any atom is 0.252 e. The SMILES string of the molecule is CCc1ccc(C(CNC(=O)Cc2ccc(S(=O)(=O)N3CCCCC3)s2)N(C)C)cc1. The largest absolute Gasteiger partial charge is 0.354 e. The van der Waals surface area contributed by atoms with Crippen molar-refractivity contribution >= 4 is 27.3 Å². The van der Waals surface area contributed by atoms with Gasteiger partial charge in [-0.25, -0.2) is 8.42 Å². The molecule has 1 amide bonds. The van der Waals surface area contributed by atoms with E-state index >= 15 is 0 Å². The maximum absolute atomic E-state index is 12.8. The van der Waals surface area contributed by atoms with E-state index in [-0.39, 0.29) is 18.4 Å². The first kappa shape index (κ1) is 23.9. The number of hydrogen-bond donors (Lipinski definition) is 1. The van der Waals surface area contributed by atoms with Crippen molar-refractivity contribution in [2.45, 2.75) is 49.3 Å². The first-order chi connectivity index (χ1) is 14.8. The lowest BCUT2D eigenvalue weighted by Gasteiger charge is -2.25. The standard InChI is InChI=1S/C23H33N3O3S2/c1-4-18-8-10-19(11-9-18)21(25(2)3)17-24-22(27)16-20-12-13-23(30-20)31(28,29)26-14-6-5-7-15-26/h8-13,21H,4-7,14-17H2,1-3H3,(H,24,27). The normalized spacial score (nSPS) is 16.4. The monoisotopic (exact) mass is 463 g/mol. The van der Waals surface area contributed by atoms with Gasteiger partial charge in [-0.15, -0.1) is 11.3 Å². The van der Waals surface area contributed by atoms with Gasteiger partial charge < -0.3 is 10.2 Å². The van der Waals surface area contributed by atoms with Crippen LogP contribution in [0.5, 0.6) is 0 Å². The van der Waals surface area contributed by atoms with E-state index in [1.54, 1.807) is 16.4 Å². The molecule has 1 N–H and O–H groups in total. The van der Waals surface area contributed by atoms with Crippen LogP contribution in [0.25, 0.3) is 0 Å². The summed E-state index contributed by atoms with van der Waals surface area (Å²) in [5, 5.41) is 3.02. The lowest BCUT2D eigenvalue weighted by Crippen LogP contribution is -2.35. The van der Waals surface area contributed by atoms with Crippen LogP contribution >= 0.6 is 11.3 Å². The number of piperidine rings is 1. The summed E-state index contributed by atoms with van der Waals surface area (Å²) < 4.78 is 27.5. The minimum atomic E-state index is -3.44. The zero-order chi connectivity index (χ0) is 22.4. The average molecular weight is 464 g/mol. The van der Waals surface area contributed by atoms with Crippen molar-refractivity contribution in [2.24, 2.45) is 0 Å². The molecule has 8 heteroatoms. The molecule has 2 aromatic rings. The lowest BCUT2D eigenvalue weighted by atomic mass is 10.0. The van der Waals surface area contributed by atoms with Gasteiger partial charge in [0.1, 0.15) is 4.21 Å². The first-order valence-electron chi connectivity index (χ1n) is 10.9. The predicted molar refractivity (Wildman–Crippen MR) is 126 cm³/mol. The highest BCUT2D eigenvalue weighted by Gasteiger charge is 2.27.